The van der Waals surface area contributed by atoms with E-state index in [0.717, 1.165) is 11.4 Å². The van der Waals surface area contributed by atoms with Gasteiger partial charge in [0.25, 0.3) is 0 Å². The van der Waals surface area contributed by atoms with Gasteiger partial charge in [0.05, 0.1) is 18.8 Å². The first-order chi connectivity index (χ1) is 12.4. The first-order valence-electron chi connectivity index (χ1n) is 8.96. The Bertz CT molecular complexity index is 754. The maximum Gasteiger partial charge on any atom is 0.223 e. The maximum atomic E-state index is 12.6. The van der Waals surface area contributed by atoms with E-state index in [1.165, 1.54) is 0 Å². The summed E-state index contributed by atoms with van der Waals surface area (Å²) in [4.78, 5) is 23.1. The second kappa shape index (κ2) is 7.90. The van der Waals surface area contributed by atoms with Crippen LogP contribution in [0.5, 0.6) is 0 Å². The number of carbonyl (C=O) groups is 1. The van der Waals surface area contributed by atoms with Crippen LogP contribution in [0.25, 0.3) is 0 Å². The molecule has 1 atom stereocenters. The van der Waals surface area contributed by atoms with Gasteiger partial charge in [-0.15, -0.1) is 10.2 Å². The van der Waals surface area contributed by atoms with Crippen LogP contribution in [0.1, 0.15) is 61.3 Å². The molecule has 0 aromatic carbocycles. The average molecular weight is 359 g/mol. The van der Waals surface area contributed by atoms with Gasteiger partial charge in [0.2, 0.25) is 17.7 Å². The van der Waals surface area contributed by atoms with Crippen LogP contribution in [0, 0.1) is 13.8 Å². The van der Waals surface area contributed by atoms with Crippen LogP contribution in [-0.4, -0.2) is 50.7 Å². The zero-order valence-electron chi connectivity index (χ0n) is 15.7. The van der Waals surface area contributed by atoms with Crippen LogP contribution in [0.2, 0.25) is 0 Å². The number of aromatic nitrogens is 4. The number of morpholine rings is 1. The van der Waals surface area contributed by atoms with Crippen molar-refractivity contribution in [3.63, 3.8) is 0 Å². The lowest BCUT2D eigenvalue weighted by Crippen LogP contribution is -2.42. The molecule has 2 aromatic heterocycles. The summed E-state index contributed by atoms with van der Waals surface area (Å²) in [5, 5.41) is 8.01. The van der Waals surface area contributed by atoms with Crippen LogP contribution in [-0.2, 0) is 16.0 Å². The Morgan fingerprint density at radius 1 is 1.31 bits per heavy atom. The topological polar surface area (TPSA) is 94.2 Å². The predicted octanol–water partition coefficient (Wildman–Crippen LogP) is 2.13. The fourth-order valence-corrected chi connectivity index (χ4v) is 2.94. The monoisotopic (exact) mass is 359 g/mol. The van der Waals surface area contributed by atoms with Crippen molar-refractivity contribution in [3.05, 3.63) is 35.1 Å². The summed E-state index contributed by atoms with van der Waals surface area (Å²) in [6.45, 7) is 9.35. The zero-order valence-corrected chi connectivity index (χ0v) is 15.7. The van der Waals surface area contributed by atoms with Gasteiger partial charge in [-0.25, -0.2) is 9.97 Å². The van der Waals surface area contributed by atoms with E-state index in [4.69, 9.17) is 9.15 Å². The second-order valence-corrected chi connectivity index (χ2v) is 6.87. The van der Waals surface area contributed by atoms with E-state index < -0.39 is 0 Å². The molecular formula is C18H25N5O3. The Kier molecular flexibility index (Phi) is 5.61. The van der Waals surface area contributed by atoms with Gasteiger partial charge in [0, 0.05) is 31.0 Å². The smallest absolute Gasteiger partial charge is 0.223 e. The highest BCUT2D eigenvalue weighted by Gasteiger charge is 2.27. The van der Waals surface area contributed by atoms with E-state index in [2.05, 4.69) is 20.2 Å². The number of ether oxygens (including phenoxy) is 1. The summed E-state index contributed by atoms with van der Waals surface area (Å²) in [5.41, 5.74) is 1.72. The number of hydrogen-bond donors (Lipinski definition) is 0. The Morgan fingerprint density at radius 3 is 2.81 bits per heavy atom. The highest BCUT2D eigenvalue weighted by molar-refractivity contribution is 5.76. The van der Waals surface area contributed by atoms with Crippen molar-refractivity contribution in [3.8, 4) is 0 Å². The summed E-state index contributed by atoms with van der Waals surface area (Å²) < 4.78 is 11.4. The molecule has 3 heterocycles. The second-order valence-electron chi connectivity index (χ2n) is 6.87. The summed E-state index contributed by atoms with van der Waals surface area (Å²) in [5.74, 6) is 2.07. The molecule has 8 nitrogen and oxygen atoms in total. The normalized spacial score (nSPS) is 17.7. The van der Waals surface area contributed by atoms with Gasteiger partial charge in [0.1, 0.15) is 11.9 Å². The van der Waals surface area contributed by atoms with Crippen LogP contribution in [0.15, 0.2) is 10.5 Å². The lowest BCUT2D eigenvalue weighted by Gasteiger charge is -2.32. The van der Waals surface area contributed by atoms with Crippen LogP contribution in [0.4, 0.5) is 0 Å². The van der Waals surface area contributed by atoms with Crippen LogP contribution < -0.4 is 0 Å². The first-order valence-corrected chi connectivity index (χ1v) is 8.96. The SMILES string of the molecule is Cc1cc([C@H]2CN(C(=O)CCc3nnc(C(C)C)o3)CCO2)nc(C)n1. The largest absolute Gasteiger partial charge is 0.425 e. The summed E-state index contributed by atoms with van der Waals surface area (Å²) in [6, 6.07) is 1.91. The number of hydrogen-bond acceptors (Lipinski definition) is 7. The summed E-state index contributed by atoms with van der Waals surface area (Å²) in [6.07, 6.45) is 0.574. The number of rotatable bonds is 5. The third kappa shape index (κ3) is 4.43. The van der Waals surface area contributed by atoms with Crippen LogP contribution >= 0.6 is 0 Å². The predicted molar refractivity (Wildman–Crippen MR) is 93.5 cm³/mol. The number of amides is 1. The molecule has 1 saturated heterocycles. The Balaban J connectivity index is 1.58. The van der Waals surface area contributed by atoms with E-state index in [-0.39, 0.29) is 17.9 Å². The molecule has 0 aliphatic carbocycles. The molecule has 1 amide bonds. The third-order valence-electron chi connectivity index (χ3n) is 4.26. The van der Waals surface area contributed by atoms with E-state index in [1.807, 2.05) is 38.7 Å². The van der Waals surface area contributed by atoms with Gasteiger partial charge in [0.15, 0.2) is 0 Å². The van der Waals surface area contributed by atoms with Crippen molar-refractivity contribution < 1.29 is 13.9 Å². The molecule has 1 aliphatic heterocycles. The molecule has 2 aromatic rings. The Morgan fingerprint density at radius 2 is 2.12 bits per heavy atom. The molecule has 0 radical (unpaired) electrons. The maximum absolute atomic E-state index is 12.6. The van der Waals surface area contributed by atoms with Gasteiger partial charge in [-0.2, -0.15) is 0 Å². The number of nitrogens with zero attached hydrogens (tertiary/aromatic N) is 5. The Labute approximate surface area is 153 Å². The molecule has 0 N–H and O–H groups in total. The lowest BCUT2D eigenvalue weighted by atomic mass is 10.1. The van der Waals surface area contributed by atoms with Crippen molar-refractivity contribution in [1.29, 1.82) is 0 Å². The first kappa shape index (κ1) is 18.4. The molecule has 1 fully saturated rings. The molecule has 0 bridgehead atoms. The van der Waals surface area contributed by atoms with Gasteiger partial charge >= 0.3 is 0 Å². The van der Waals surface area contributed by atoms with Gasteiger partial charge < -0.3 is 14.1 Å². The van der Waals surface area contributed by atoms with E-state index in [0.29, 0.717) is 50.1 Å². The summed E-state index contributed by atoms with van der Waals surface area (Å²) in [7, 11) is 0. The highest BCUT2D eigenvalue weighted by Crippen LogP contribution is 2.22. The van der Waals surface area contributed by atoms with E-state index in [1.54, 1.807) is 0 Å². The van der Waals surface area contributed by atoms with Crippen LogP contribution in [0.3, 0.4) is 0 Å². The van der Waals surface area contributed by atoms with E-state index >= 15 is 0 Å². The average Bonchev–Trinajstić information content (AvgIpc) is 3.08. The highest BCUT2D eigenvalue weighted by atomic mass is 16.5. The van der Waals surface area contributed by atoms with Gasteiger partial charge in [-0.3, -0.25) is 4.79 Å². The lowest BCUT2D eigenvalue weighted by molar-refractivity contribution is -0.139. The van der Waals surface area contributed by atoms with Crippen molar-refractivity contribution in [2.75, 3.05) is 19.7 Å². The van der Waals surface area contributed by atoms with Crippen molar-refractivity contribution in [1.82, 2.24) is 25.1 Å². The third-order valence-corrected chi connectivity index (χ3v) is 4.26. The standard InChI is InChI=1S/C18H25N5O3/c1-11(2)18-22-21-16(26-18)5-6-17(24)23-7-8-25-15(10-23)14-9-12(3)19-13(4)20-14/h9,11,15H,5-8,10H2,1-4H3/t15-/m1/s1. The number of carbonyl (C=O) groups excluding carboxylic acids is 1. The minimum Gasteiger partial charge on any atom is -0.425 e. The number of aryl methyl sites for hydroxylation is 3. The fourth-order valence-electron chi connectivity index (χ4n) is 2.94. The fraction of sp³-hybridized carbons (Fsp3) is 0.611. The minimum absolute atomic E-state index is 0.0603. The Hall–Kier alpha value is -2.35. The molecule has 0 saturated carbocycles. The molecule has 1 aliphatic rings. The molecule has 8 heteroatoms. The molecule has 140 valence electrons. The molecule has 26 heavy (non-hydrogen) atoms. The van der Waals surface area contributed by atoms with Gasteiger partial charge in [-0.1, -0.05) is 13.8 Å². The van der Waals surface area contributed by atoms with Crippen molar-refractivity contribution >= 4 is 5.91 Å². The van der Waals surface area contributed by atoms with E-state index in [9.17, 15) is 4.79 Å². The van der Waals surface area contributed by atoms with Crippen molar-refractivity contribution in [2.45, 2.75) is 52.6 Å². The zero-order chi connectivity index (χ0) is 18.7. The van der Waals surface area contributed by atoms with Crippen molar-refractivity contribution in [2.24, 2.45) is 0 Å². The quantitative estimate of drug-likeness (QED) is 0.807. The molecule has 3 rings (SSSR count). The van der Waals surface area contributed by atoms with Gasteiger partial charge in [-0.05, 0) is 19.9 Å². The molecule has 0 spiro atoms. The molecule has 0 unspecified atom stereocenters. The minimum atomic E-state index is -0.218. The summed E-state index contributed by atoms with van der Waals surface area (Å²) >= 11 is 0. The molecular weight excluding hydrogens is 334 g/mol.